The van der Waals surface area contributed by atoms with Gasteiger partial charge in [-0.15, -0.1) is 0 Å². The number of nitrogens with zero attached hydrogens (tertiary/aromatic N) is 5. The molecule has 5 rings (SSSR count). The quantitative estimate of drug-likeness (QED) is 0.838. The molecule has 0 amide bonds. The molecule has 26 heavy (non-hydrogen) atoms. The number of allylic oxidation sites excluding steroid dienone is 1. The highest BCUT2D eigenvalue weighted by Gasteiger charge is 2.48. The Labute approximate surface area is 155 Å². The number of piperazine rings is 1. The van der Waals surface area contributed by atoms with Crippen molar-refractivity contribution in [3.63, 3.8) is 0 Å². The maximum Gasteiger partial charge on any atom is 0.144 e. The van der Waals surface area contributed by atoms with Crippen molar-refractivity contribution in [2.24, 2.45) is 4.99 Å². The third-order valence-electron chi connectivity index (χ3n) is 6.41. The maximum atomic E-state index is 4.51. The van der Waals surface area contributed by atoms with E-state index in [2.05, 4.69) is 68.4 Å². The monoisotopic (exact) mass is 349 g/mol. The minimum absolute atomic E-state index is 0.121. The Hall–Kier alpha value is -2.11. The summed E-state index contributed by atoms with van der Waals surface area (Å²) in [5.41, 5.74) is 2.93. The number of hydrazine groups is 1. The van der Waals surface area contributed by atoms with Crippen molar-refractivity contribution in [2.45, 2.75) is 24.8 Å². The highest BCUT2D eigenvalue weighted by atomic mass is 15.7. The summed E-state index contributed by atoms with van der Waals surface area (Å²) in [5, 5.41) is 4.75. The normalized spacial score (nSPS) is 25.2. The van der Waals surface area contributed by atoms with Gasteiger partial charge in [0.05, 0.1) is 5.54 Å². The summed E-state index contributed by atoms with van der Waals surface area (Å²) in [4.78, 5) is 9.42. The van der Waals surface area contributed by atoms with Crippen LogP contribution in [-0.2, 0) is 5.54 Å². The molecule has 5 heteroatoms. The number of fused-ring (bicyclic) bond motifs is 1. The summed E-state index contributed by atoms with van der Waals surface area (Å²) in [6.45, 7) is 5.48. The second kappa shape index (κ2) is 6.25. The van der Waals surface area contributed by atoms with Gasteiger partial charge in [0.15, 0.2) is 0 Å². The molecule has 3 heterocycles. The number of rotatable bonds is 3. The zero-order chi connectivity index (χ0) is 17.6. The number of hydrogen-bond acceptors (Lipinski definition) is 5. The first-order chi connectivity index (χ1) is 12.8. The minimum atomic E-state index is 0.121. The van der Waals surface area contributed by atoms with E-state index in [1.807, 2.05) is 12.3 Å². The van der Waals surface area contributed by atoms with Gasteiger partial charge < -0.3 is 9.80 Å². The highest BCUT2D eigenvalue weighted by molar-refractivity contribution is 5.73. The second-order valence-corrected chi connectivity index (χ2v) is 7.83. The van der Waals surface area contributed by atoms with Gasteiger partial charge in [0.2, 0.25) is 0 Å². The lowest BCUT2D eigenvalue weighted by Gasteiger charge is -2.52. The van der Waals surface area contributed by atoms with E-state index in [0.29, 0.717) is 0 Å². The van der Waals surface area contributed by atoms with Crippen LogP contribution in [0.25, 0.3) is 0 Å². The van der Waals surface area contributed by atoms with Crippen LogP contribution >= 0.6 is 0 Å². The molecule has 0 bridgehead atoms. The van der Waals surface area contributed by atoms with E-state index in [0.717, 1.165) is 38.5 Å². The highest BCUT2D eigenvalue weighted by Crippen LogP contribution is 2.49. The summed E-state index contributed by atoms with van der Waals surface area (Å²) >= 11 is 0. The Morgan fingerprint density at radius 2 is 1.77 bits per heavy atom. The first kappa shape index (κ1) is 16.1. The molecule has 0 spiro atoms. The SMILES string of the molecule is CN1CCN(c2ccc(C3(N4CC=C5N=CC=CN54)CCC3)cc2)CC1. The van der Waals surface area contributed by atoms with Crippen LogP contribution in [0.15, 0.2) is 53.4 Å². The van der Waals surface area contributed by atoms with Crippen molar-refractivity contribution >= 4 is 11.9 Å². The topological polar surface area (TPSA) is 25.3 Å². The Bertz CT molecular complexity index is 751. The predicted molar refractivity (Wildman–Crippen MR) is 106 cm³/mol. The second-order valence-electron chi connectivity index (χ2n) is 7.83. The van der Waals surface area contributed by atoms with Gasteiger partial charge in [-0.2, -0.15) is 0 Å². The molecule has 1 saturated carbocycles. The van der Waals surface area contributed by atoms with Crippen LogP contribution in [0.3, 0.4) is 0 Å². The van der Waals surface area contributed by atoms with E-state index in [4.69, 9.17) is 0 Å². The lowest BCUT2D eigenvalue weighted by atomic mass is 9.71. The molecule has 4 aliphatic rings. The fraction of sp³-hybridized carbons (Fsp3) is 0.476. The van der Waals surface area contributed by atoms with E-state index >= 15 is 0 Å². The summed E-state index contributed by atoms with van der Waals surface area (Å²) in [7, 11) is 2.21. The van der Waals surface area contributed by atoms with Gasteiger partial charge in [-0.25, -0.2) is 10.0 Å². The molecule has 0 aromatic heterocycles. The van der Waals surface area contributed by atoms with Gasteiger partial charge in [-0.3, -0.25) is 5.01 Å². The molecule has 3 aliphatic heterocycles. The van der Waals surface area contributed by atoms with E-state index in [-0.39, 0.29) is 5.54 Å². The Kier molecular flexibility index (Phi) is 3.87. The van der Waals surface area contributed by atoms with E-state index in [1.165, 1.54) is 30.5 Å². The van der Waals surface area contributed by atoms with Gasteiger partial charge in [0.1, 0.15) is 5.82 Å². The lowest BCUT2D eigenvalue weighted by Crippen LogP contribution is -2.54. The van der Waals surface area contributed by atoms with Crippen molar-refractivity contribution < 1.29 is 0 Å². The molecule has 1 saturated heterocycles. The Morgan fingerprint density at radius 3 is 2.46 bits per heavy atom. The van der Waals surface area contributed by atoms with Gasteiger partial charge in [0.25, 0.3) is 0 Å². The first-order valence-electron chi connectivity index (χ1n) is 9.78. The van der Waals surface area contributed by atoms with Crippen molar-refractivity contribution in [1.82, 2.24) is 14.9 Å². The molecule has 0 radical (unpaired) electrons. The van der Waals surface area contributed by atoms with E-state index < -0.39 is 0 Å². The van der Waals surface area contributed by atoms with Gasteiger partial charge in [-0.05, 0) is 56.2 Å². The number of benzene rings is 1. The number of likely N-dealkylation sites (N-methyl/N-ethyl adjacent to an activating group) is 1. The van der Waals surface area contributed by atoms with Gasteiger partial charge >= 0.3 is 0 Å². The molecule has 0 unspecified atom stereocenters. The molecule has 0 N–H and O–H groups in total. The predicted octanol–water partition coefficient (Wildman–Crippen LogP) is 2.79. The molecule has 0 atom stereocenters. The molecule has 5 nitrogen and oxygen atoms in total. The van der Waals surface area contributed by atoms with Crippen LogP contribution in [0.4, 0.5) is 5.69 Å². The number of aliphatic imine (C=N–C) groups is 1. The van der Waals surface area contributed by atoms with Crippen LogP contribution < -0.4 is 4.90 Å². The number of hydrogen-bond donors (Lipinski definition) is 0. The minimum Gasteiger partial charge on any atom is -0.369 e. The van der Waals surface area contributed by atoms with Crippen LogP contribution in [0.5, 0.6) is 0 Å². The third-order valence-corrected chi connectivity index (χ3v) is 6.41. The molecule has 136 valence electrons. The molecule has 2 fully saturated rings. The summed E-state index contributed by atoms with van der Waals surface area (Å²) in [6, 6.07) is 9.38. The third kappa shape index (κ3) is 2.49. The van der Waals surface area contributed by atoms with Crippen LogP contribution in [-0.4, -0.2) is 60.9 Å². The fourth-order valence-electron chi connectivity index (χ4n) is 4.62. The fourth-order valence-corrected chi connectivity index (χ4v) is 4.62. The molecule has 1 aromatic rings. The smallest absolute Gasteiger partial charge is 0.144 e. The van der Waals surface area contributed by atoms with Crippen molar-refractivity contribution in [3.8, 4) is 0 Å². The average molecular weight is 349 g/mol. The number of anilines is 1. The van der Waals surface area contributed by atoms with E-state index in [1.54, 1.807) is 0 Å². The Morgan fingerprint density at radius 1 is 1.00 bits per heavy atom. The Balaban J connectivity index is 1.38. The standard InChI is InChI=1S/C21H27N5/c1-23-14-16-24(17-15-23)19-6-4-18(5-7-19)21(9-2-10-21)26-13-8-20-22-11-3-12-25(20)26/h3-8,11-12H,2,9-10,13-17H2,1H3. The van der Waals surface area contributed by atoms with Crippen molar-refractivity contribution in [1.29, 1.82) is 0 Å². The molecular weight excluding hydrogens is 322 g/mol. The lowest BCUT2D eigenvalue weighted by molar-refractivity contribution is -0.0842. The maximum absolute atomic E-state index is 4.51. The van der Waals surface area contributed by atoms with Gasteiger partial charge in [-0.1, -0.05) is 12.1 Å². The van der Waals surface area contributed by atoms with Crippen LogP contribution in [0.2, 0.25) is 0 Å². The van der Waals surface area contributed by atoms with Crippen LogP contribution in [0.1, 0.15) is 24.8 Å². The van der Waals surface area contributed by atoms with E-state index in [9.17, 15) is 0 Å². The average Bonchev–Trinajstić information content (AvgIpc) is 3.07. The summed E-state index contributed by atoms with van der Waals surface area (Å²) in [6.07, 6.45) is 12.0. The molecule has 1 aliphatic carbocycles. The first-order valence-corrected chi connectivity index (χ1v) is 9.78. The molecular formula is C21H27N5. The zero-order valence-corrected chi connectivity index (χ0v) is 15.5. The summed E-state index contributed by atoms with van der Waals surface area (Å²) in [5.74, 6) is 1.06. The van der Waals surface area contributed by atoms with Crippen LogP contribution in [0, 0.1) is 0 Å². The van der Waals surface area contributed by atoms with Gasteiger partial charge in [0, 0.05) is 50.8 Å². The van der Waals surface area contributed by atoms with Crippen molar-refractivity contribution in [3.05, 3.63) is 54.0 Å². The molecule has 1 aromatic carbocycles. The van der Waals surface area contributed by atoms with Crippen molar-refractivity contribution in [2.75, 3.05) is 44.7 Å². The largest absolute Gasteiger partial charge is 0.369 e. The summed E-state index contributed by atoms with van der Waals surface area (Å²) < 4.78 is 0. The zero-order valence-electron chi connectivity index (χ0n) is 15.5.